The Morgan fingerprint density at radius 2 is 2.05 bits per heavy atom. The maximum absolute atomic E-state index is 12.2. The molecule has 0 spiro atoms. The van der Waals surface area contributed by atoms with E-state index in [-0.39, 0.29) is 11.5 Å². The zero-order valence-electron chi connectivity index (χ0n) is 12.6. The average Bonchev–Trinajstić information content (AvgIpc) is 2.53. The Hall–Kier alpha value is -1.89. The molecule has 2 rings (SSSR count). The van der Waals surface area contributed by atoms with Crippen LogP contribution in [0.3, 0.4) is 0 Å². The first-order chi connectivity index (χ1) is 10.2. The van der Waals surface area contributed by atoms with Crippen LogP contribution in [0.25, 0.3) is 0 Å². The molecule has 0 bridgehead atoms. The van der Waals surface area contributed by atoms with E-state index < -0.39 is 0 Å². The molecule has 7 heteroatoms. The number of nitrogens with zero attached hydrogens (tertiary/aromatic N) is 4. The predicted octanol–water partition coefficient (Wildman–Crippen LogP) is -0.0517. The highest BCUT2D eigenvalue weighted by atomic mass is 16.5. The number of piperazine rings is 1. The van der Waals surface area contributed by atoms with Crippen LogP contribution in [0.5, 0.6) is 0 Å². The highest BCUT2D eigenvalue weighted by Gasteiger charge is 2.20. The van der Waals surface area contributed by atoms with E-state index in [1.807, 2.05) is 11.8 Å². The molecule has 1 aliphatic rings. The van der Waals surface area contributed by atoms with E-state index in [9.17, 15) is 9.59 Å². The fraction of sp³-hybridized carbons (Fsp3) is 0.643. The lowest BCUT2D eigenvalue weighted by Crippen LogP contribution is -2.49. The molecule has 0 aromatic carbocycles. The number of aromatic nitrogens is 2. The molecule has 0 N–H and O–H groups in total. The van der Waals surface area contributed by atoms with Crippen molar-refractivity contribution in [3.05, 3.63) is 22.7 Å². The van der Waals surface area contributed by atoms with Gasteiger partial charge in [-0.25, -0.2) is 4.98 Å². The zero-order chi connectivity index (χ0) is 15.2. The van der Waals surface area contributed by atoms with Gasteiger partial charge < -0.3 is 14.2 Å². The van der Waals surface area contributed by atoms with Gasteiger partial charge in [0, 0.05) is 51.7 Å². The van der Waals surface area contributed by atoms with Crippen molar-refractivity contribution in [2.24, 2.45) is 0 Å². The smallest absolute Gasteiger partial charge is 0.306 e. The minimum absolute atomic E-state index is 0.0389. The molecule has 0 aliphatic carbocycles. The monoisotopic (exact) mass is 294 g/mol. The van der Waals surface area contributed by atoms with E-state index in [2.05, 4.69) is 14.6 Å². The maximum Gasteiger partial charge on any atom is 0.306 e. The van der Waals surface area contributed by atoms with Crippen LogP contribution in [0.4, 0.5) is 5.82 Å². The summed E-state index contributed by atoms with van der Waals surface area (Å²) in [6.07, 6.45) is 3.78. The van der Waals surface area contributed by atoms with Gasteiger partial charge in [0.1, 0.15) is 0 Å². The molecule has 1 saturated heterocycles. The Morgan fingerprint density at radius 3 is 2.67 bits per heavy atom. The maximum atomic E-state index is 12.2. The van der Waals surface area contributed by atoms with E-state index in [0.717, 1.165) is 26.2 Å². The Morgan fingerprint density at radius 1 is 1.33 bits per heavy atom. The van der Waals surface area contributed by atoms with Crippen molar-refractivity contribution in [3.63, 3.8) is 0 Å². The standard InChI is InChI=1S/C14H22N4O3/c1-3-17-7-5-15-13(14(17)20)18-10-8-16(9-11-18)6-4-12(19)21-2/h5,7H,3-4,6,8-11H2,1-2H3. The number of hydrogen-bond donors (Lipinski definition) is 0. The van der Waals surface area contributed by atoms with Crippen molar-refractivity contribution >= 4 is 11.8 Å². The Kier molecular flexibility index (Phi) is 5.32. The van der Waals surface area contributed by atoms with Gasteiger partial charge in [-0.05, 0) is 6.92 Å². The van der Waals surface area contributed by atoms with Crippen molar-refractivity contribution in [2.75, 3.05) is 44.7 Å². The summed E-state index contributed by atoms with van der Waals surface area (Å²) < 4.78 is 6.30. The van der Waals surface area contributed by atoms with Gasteiger partial charge in [0.25, 0.3) is 5.56 Å². The van der Waals surface area contributed by atoms with Gasteiger partial charge in [0.2, 0.25) is 0 Å². The lowest BCUT2D eigenvalue weighted by Gasteiger charge is -2.34. The van der Waals surface area contributed by atoms with E-state index in [1.54, 1.807) is 17.0 Å². The number of aryl methyl sites for hydroxylation is 1. The number of esters is 1. The molecule has 1 fully saturated rings. The Bertz CT molecular complexity index is 535. The molecule has 1 aromatic heterocycles. The van der Waals surface area contributed by atoms with Gasteiger partial charge in [0.05, 0.1) is 13.5 Å². The number of carbonyl (C=O) groups is 1. The van der Waals surface area contributed by atoms with Gasteiger partial charge in [0.15, 0.2) is 5.82 Å². The first kappa shape index (κ1) is 15.5. The molecule has 0 atom stereocenters. The molecule has 2 heterocycles. The Labute approximate surface area is 124 Å². The number of hydrogen-bond acceptors (Lipinski definition) is 6. The first-order valence-corrected chi connectivity index (χ1v) is 7.25. The van der Waals surface area contributed by atoms with Crippen LogP contribution in [0.2, 0.25) is 0 Å². The Balaban J connectivity index is 1.92. The highest BCUT2D eigenvalue weighted by Crippen LogP contribution is 2.09. The van der Waals surface area contributed by atoms with E-state index in [4.69, 9.17) is 0 Å². The van der Waals surface area contributed by atoms with Crippen molar-refractivity contribution in [1.29, 1.82) is 0 Å². The third kappa shape index (κ3) is 3.81. The highest BCUT2D eigenvalue weighted by molar-refractivity contribution is 5.69. The third-order valence-corrected chi connectivity index (χ3v) is 3.77. The second-order valence-electron chi connectivity index (χ2n) is 5.00. The second-order valence-corrected chi connectivity index (χ2v) is 5.00. The number of anilines is 1. The van der Waals surface area contributed by atoms with Crippen LogP contribution in [0, 0.1) is 0 Å². The number of ether oxygens (including phenoxy) is 1. The molecule has 116 valence electrons. The molecular formula is C14H22N4O3. The quantitative estimate of drug-likeness (QED) is 0.709. The van der Waals surface area contributed by atoms with Crippen LogP contribution < -0.4 is 10.5 Å². The van der Waals surface area contributed by atoms with E-state index in [0.29, 0.717) is 25.3 Å². The largest absolute Gasteiger partial charge is 0.469 e. The predicted molar refractivity (Wildman–Crippen MR) is 79.5 cm³/mol. The van der Waals surface area contributed by atoms with E-state index in [1.165, 1.54) is 7.11 Å². The fourth-order valence-electron chi connectivity index (χ4n) is 2.44. The molecule has 0 radical (unpaired) electrons. The molecule has 1 aromatic rings. The lowest BCUT2D eigenvalue weighted by atomic mass is 10.3. The minimum atomic E-state index is -0.187. The summed E-state index contributed by atoms with van der Waals surface area (Å²) in [5.74, 6) is 0.333. The average molecular weight is 294 g/mol. The molecule has 0 unspecified atom stereocenters. The lowest BCUT2D eigenvalue weighted by molar-refractivity contribution is -0.141. The third-order valence-electron chi connectivity index (χ3n) is 3.77. The number of carbonyl (C=O) groups excluding carboxylic acids is 1. The van der Waals surface area contributed by atoms with Crippen molar-refractivity contribution in [2.45, 2.75) is 19.9 Å². The summed E-state index contributed by atoms with van der Waals surface area (Å²) in [5.41, 5.74) is -0.0389. The number of rotatable bonds is 5. The van der Waals surface area contributed by atoms with Crippen LogP contribution in [-0.4, -0.2) is 60.3 Å². The minimum Gasteiger partial charge on any atom is -0.469 e. The zero-order valence-corrected chi connectivity index (χ0v) is 12.6. The van der Waals surface area contributed by atoms with Crippen molar-refractivity contribution in [3.8, 4) is 0 Å². The molecule has 0 amide bonds. The summed E-state index contributed by atoms with van der Waals surface area (Å²) in [5, 5.41) is 0. The SMILES string of the molecule is CCn1ccnc(N2CCN(CCC(=O)OC)CC2)c1=O. The molecule has 1 aliphatic heterocycles. The molecular weight excluding hydrogens is 272 g/mol. The van der Waals surface area contributed by atoms with Gasteiger partial charge in [-0.1, -0.05) is 0 Å². The van der Waals surface area contributed by atoms with Crippen LogP contribution in [-0.2, 0) is 16.1 Å². The summed E-state index contributed by atoms with van der Waals surface area (Å²) in [6, 6.07) is 0. The first-order valence-electron chi connectivity index (χ1n) is 7.25. The van der Waals surface area contributed by atoms with Crippen LogP contribution in [0.15, 0.2) is 17.2 Å². The van der Waals surface area contributed by atoms with E-state index >= 15 is 0 Å². The van der Waals surface area contributed by atoms with Crippen molar-refractivity contribution in [1.82, 2.24) is 14.5 Å². The van der Waals surface area contributed by atoms with Gasteiger partial charge >= 0.3 is 5.97 Å². The second kappa shape index (κ2) is 7.21. The van der Waals surface area contributed by atoms with Crippen molar-refractivity contribution < 1.29 is 9.53 Å². The van der Waals surface area contributed by atoms with Crippen LogP contribution >= 0.6 is 0 Å². The van der Waals surface area contributed by atoms with Gasteiger partial charge in [-0.3, -0.25) is 14.5 Å². The van der Waals surface area contributed by atoms with Gasteiger partial charge in [-0.2, -0.15) is 0 Å². The topological polar surface area (TPSA) is 67.7 Å². The molecule has 0 saturated carbocycles. The summed E-state index contributed by atoms with van der Waals surface area (Å²) >= 11 is 0. The number of methoxy groups -OCH3 is 1. The normalized spacial score (nSPS) is 16.0. The van der Waals surface area contributed by atoms with Gasteiger partial charge in [-0.15, -0.1) is 0 Å². The van der Waals surface area contributed by atoms with Crippen LogP contribution in [0.1, 0.15) is 13.3 Å². The molecule has 7 nitrogen and oxygen atoms in total. The summed E-state index contributed by atoms with van der Waals surface area (Å²) in [7, 11) is 1.40. The summed E-state index contributed by atoms with van der Waals surface area (Å²) in [6.45, 7) is 6.41. The fourth-order valence-corrected chi connectivity index (χ4v) is 2.44. The summed E-state index contributed by atoms with van der Waals surface area (Å²) in [4.78, 5) is 31.8. The molecule has 21 heavy (non-hydrogen) atoms.